The number of para-hydroxylation sites is 1. The fourth-order valence-corrected chi connectivity index (χ4v) is 4.13. The minimum absolute atomic E-state index is 0.683. The molecule has 0 spiro atoms. The molecule has 3 rings (SSSR count). The number of benzene rings is 1. The van der Waals surface area contributed by atoms with Crippen LogP contribution in [0.3, 0.4) is 0 Å². The van der Waals surface area contributed by atoms with Gasteiger partial charge in [-0.2, -0.15) is 0 Å². The van der Waals surface area contributed by atoms with Crippen LogP contribution in [0.2, 0.25) is 0 Å². The molecule has 0 bridgehead atoms. The van der Waals surface area contributed by atoms with E-state index in [4.69, 9.17) is 9.15 Å². The van der Waals surface area contributed by atoms with Crippen LogP contribution in [0.5, 0.6) is 5.75 Å². The van der Waals surface area contributed by atoms with Gasteiger partial charge >= 0.3 is 0 Å². The summed E-state index contributed by atoms with van der Waals surface area (Å²) in [6.07, 6.45) is 6.20. The third-order valence-electron chi connectivity index (χ3n) is 5.42. The largest absolute Gasteiger partial charge is 0.496 e. The Bertz CT molecular complexity index is 661. The molecule has 0 saturated carbocycles. The van der Waals surface area contributed by atoms with Crippen LogP contribution in [0.1, 0.15) is 37.8 Å². The highest BCUT2D eigenvalue weighted by molar-refractivity contribution is 5.33. The number of methoxy groups -OCH3 is 1. The fraction of sp³-hybridized carbons (Fsp3) is 0.565. The van der Waals surface area contributed by atoms with Gasteiger partial charge in [-0.05, 0) is 49.9 Å². The van der Waals surface area contributed by atoms with Crippen LogP contribution in [-0.4, -0.2) is 43.1 Å². The van der Waals surface area contributed by atoms with Gasteiger partial charge < -0.3 is 9.15 Å². The van der Waals surface area contributed by atoms with Crippen molar-refractivity contribution in [1.82, 2.24) is 9.80 Å². The normalized spacial score (nSPS) is 16.3. The zero-order valence-corrected chi connectivity index (χ0v) is 17.1. The van der Waals surface area contributed by atoms with Crippen LogP contribution in [-0.2, 0) is 13.1 Å². The standard InChI is InChI=1S/C23H34N2O2/c1-19(2)14-25(16-21-10-13-27-18-21)15-20-8-11-24(12-9-20)17-22-6-4-5-7-23(22)26-3/h4-7,10,13,18-20H,8-9,11-12,14-17H2,1-3H3. The lowest BCUT2D eigenvalue weighted by atomic mass is 9.95. The van der Waals surface area contributed by atoms with E-state index >= 15 is 0 Å². The van der Waals surface area contributed by atoms with Crippen LogP contribution in [0.4, 0.5) is 0 Å². The SMILES string of the molecule is COc1ccccc1CN1CCC(CN(Cc2ccoc2)CC(C)C)CC1. The average molecular weight is 371 g/mol. The molecule has 4 heteroatoms. The predicted octanol–water partition coefficient (Wildman–Crippen LogP) is 4.66. The molecule has 0 radical (unpaired) electrons. The fourth-order valence-electron chi connectivity index (χ4n) is 4.13. The summed E-state index contributed by atoms with van der Waals surface area (Å²) in [7, 11) is 1.76. The Hall–Kier alpha value is -1.78. The van der Waals surface area contributed by atoms with Crippen LogP contribution >= 0.6 is 0 Å². The van der Waals surface area contributed by atoms with Crippen molar-refractivity contribution < 1.29 is 9.15 Å². The molecule has 0 aliphatic carbocycles. The van der Waals surface area contributed by atoms with E-state index in [1.165, 1.54) is 43.6 Å². The number of hydrogen-bond donors (Lipinski definition) is 0. The van der Waals surface area contributed by atoms with Gasteiger partial charge in [-0.1, -0.05) is 32.0 Å². The Morgan fingerprint density at radius 3 is 2.63 bits per heavy atom. The van der Waals surface area contributed by atoms with Crippen molar-refractivity contribution in [1.29, 1.82) is 0 Å². The van der Waals surface area contributed by atoms with Crippen molar-refractivity contribution in [2.75, 3.05) is 33.3 Å². The van der Waals surface area contributed by atoms with E-state index in [9.17, 15) is 0 Å². The highest BCUT2D eigenvalue weighted by Crippen LogP contribution is 2.24. The first kappa shape index (κ1) is 20.0. The van der Waals surface area contributed by atoms with Crippen LogP contribution < -0.4 is 4.74 Å². The number of nitrogens with zero attached hydrogens (tertiary/aromatic N) is 2. The number of ether oxygens (including phenoxy) is 1. The summed E-state index contributed by atoms with van der Waals surface area (Å²) in [5.41, 5.74) is 2.57. The number of piperidine rings is 1. The Morgan fingerprint density at radius 2 is 1.96 bits per heavy atom. The maximum atomic E-state index is 5.51. The summed E-state index contributed by atoms with van der Waals surface area (Å²) in [5.74, 6) is 2.47. The summed E-state index contributed by atoms with van der Waals surface area (Å²) in [4.78, 5) is 5.17. The molecule has 1 aliphatic rings. The smallest absolute Gasteiger partial charge is 0.123 e. The van der Waals surface area contributed by atoms with E-state index in [1.54, 1.807) is 13.4 Å². The molecule has 1 aromatic heterocycles. The Balaban J connectivity index is 1.49. The molecule has 27 heavy (non-hydrogen) atoms. The highest BCUT2D eigenvalue weighted by Gasteiger charge is 2.22. The first-order valence-corrected chi connectivity index (χ1v) is 10.2. The summed E-state index contributed by atoms with van der Waals surface area (Å²) >= 11 is 0. The van der Waals surface area contributed by atoms with Crippen LogP contribution in [0, 0.1) is 11.8 Å². The molecule has 0 atom stereocenters. The van der Waals surface area contributed by atoms with Gasteiger partial charge in [0.25, 0.3) is 0 Å². The molecule has 148 valence electrons. The zero-order chi connectivity index (χ0) is 19.1. The lowest BCUT2D eigenvalue weighted by Crippen LogP contribution is -2.39. The average Bonchev–Trinajstić information content (AvgIpc) is 3.16. The molecule has 1 saturated heterocycles. The van der Waals surface area contributed by atoms with E-state index in [-0.39, 0.29) is 0 Å². The molecule has 4 nitrogen and oxygen atoms in total. The second-order valence-electron chi connectivity index (χ2n) is 8.25. The minimum atomic E-state index is 0.683. The van der Waals surface area contributed by atoms with E-state index in [0.29, 0.717) is 5.92 Å². The van der Waals surface area contributed by atoms with Crippen molar-refractivity contribution in [2.45, 2.75) is 39.8 Å². The molecular formula is C23H34N2O2. The van der Waals surface area contributed by atoms with Crippen molar-refractivity contribution in [2.24, 2.45) is 11.8 Å². The van der Waals surface area contributed by atoms with Crippen LogP contribution in [0.15, 0.2) is 47.3 Å². The van der Waals surface area contributed by atoms with Crippen LogP contribution in [0.25, 0.3) is 0 Å². The summed E-state index contributed by atoms with van der Waals surface area (Å²) in [6.45, 7) is 11.3. The van der Waals surface area contributed by atoms with E-state index in [0.717, 1.165) is 31.3 Å². The summed E-state index contributed by atoms with van der Waals surface area (Å²) in [6, 6.07) is 10.5. The second-order valence-corrected chi connectivity index (χ2v) is 8.25. The third-order valence-corrected chi connectivity index (χ3v) is 5.42. The number of furan rings is 1. The van der Waals surface area contributed by atoms with Gasteiger partial charge in [-0.25, -0.2) is 0 Å². The molecule has 0 N–H and O–H groups in total. The van der Waals surface area contributed by atoms with Gasteiger partial charge in [0, 0.05) is 37.3 Å². The van der Waals surface area contributed by atoms with E-state index in [1.807, 2.05) is 12.3 Å². The van der Waals surface area contributed by atoms with Gasteiger partial charge in [0.2, 0.25) is 0 Å². The lowest BCUT2D eigenvalue weighted by molar-refractivity contribution is 0.128. The van der Waals surface area contributed by atoms with Gasteiger partial charge in [0.15, 0.2) is 0 Å². The first-order valence-electron chi connectivity index (χ1n) is 10.2. The van der Waals surface area contributed by atoms with Gasteiger partial charge in [0.05, 0.1) is 19.6 Å². The molecule has 0 amide bonds. The molecule has 1 aliphatic heterocycles. The minimum Gasteiger partial charge on any atom is -0.496 e. The number of rotatable bonds is 9. The third kappa shape index (κ3) is 6.12. The van der Waals surface area contributed by atoms with Crippen molar-refractivity contribution in [3.8, 4) is 5.75 Å². The monoisotopic (exact) mass is 370 g/mol. The van der Waals surface area contributed by atoms with E-state index < -0.39 is 0 Å². The molecule has 0 unspecified atom stereocenters. The first-order chi connectivity index (χ1) is 13.1. The topological polar surface area (TPSA) is 28.9 Å². The second kappa shape index (κ2) is 9.95. The molecule has 2 aromatic rings. The van der Waals surface area contributed by atoms with E-state index in [2.05, 4.69) is 47.9 Å². The van der Waals surface area contributed by atoms with Gasteiger partial charge in [-0.15, -0.1) is 0 Å². The number of hydrogen-bond acceptors (Lipinski definition) is 4. The molecular weight excluding hydrogens is 336 g/mol. The summed E-state index contributed by atoms with van der Waals surface area (Å²) < 4.78 is 10.8. The Kier molecular flexibility index (Phi) is 7.36. The summed E-state index contributed by atoms with van der Waals surface area (Å²) in [5, 5.41) is 0. The maximum absolute atomic E-state index is 5.51. The predicted molar refractivity (Wildman–Crippen MR) is 110 cm³/mol. The Labute approximate surface area is 164 Å². The van der Waals surface area contributed by atoms with Gasteiger partial charge in [0.1, 0.15) is 5.75 Å². The molecule has 2 heterocycles. The van der Waals surface area contributed by atoms with Crippen molar-refractivity contribution in [3.63, 3.8) is 0 Å². The maximum Gasteiger partial charge on any atom is 0.123 e. The molecule has 1 fully saturated rings. The van der Waals surface area contributed by atoms with Crippen molar-refractivity contribution in [3.05, 3.63) is 54.0 Å². The van der Waals surface area contributed by atoms with Gasteiger partial charge in [-0.3, -0.25) is 9.80 Å². The zero-order valence-electron chi connectivity index (χ0n) is 17.1. The Morgan fingerprint density at radius 1 is 1.19 bits per heavy atom. The lowest BCUT2D eigenvalue weighted by Gasteiger charge is -2.35. The highest BCUT2D eigenvalue weighted by atomic mass is 16.5. The molecule has 1 aromatic carbocycles. The van der Waals surface area contributed by atoms with Crippen molar-refractivity contribution >= 4 is 0 Å². The number of likely N-dealkylation sites (tertiary alicyclic amines) is 1. The quantitative estimate of drug-likeness (QED) is 0.642.